The largest absolute Gasteiger partial charge is 0.456 e. The number of benzene rings is 8. The van der Waals surface area contributed by atoms with Gasteiger partial charge in [0.2, 0.25) is 0 Å². The van der Waals surface area contributed by atoms with Gasteiger partial charge in [-0.3, -0.25) is 0 Å². The predicted molar refractivity (Wildman–Crippen MR) is 231 cm³/mol. The van der Waals surface area contributed by atoms with Crippen LogP contribution in [0.1, 0.15) is 0 Å². The Morgan fingerprint density at radius 1 is 0.351 bits per heavy atom. The lowest BCUT2D eigenvalue weighted by atomic mass is 9.97. The Kier molecular flexibility index (Phi) is 7.71. The first-order valence-corrected chi connectivity index (χ1v) is 18.9. The van der Waals surface area contributed by atoms with Crippen LogP contribution < -0.4 is 4.90 Å². The van der Waals surface area contributed by atoms with Crippen molar-refractivity contribution in [3.8, 4) is 45.3 Å². The summed E-state index contributed by atoms with van der Waals surface area (Å²) in [5, 5.41) is 4.14. The lowest BCUT2D eigenvalue weighted by molar-refractivity contribution is 0.668. The van der Waals surface area contributed by atoms with Crippen LogP contribution >= 0.6 is 0 Å². The molecule has 0 aliphatic carbocycles. The maximum atomic E-state index is 6.56. The molecule has 0 aliphatic heterocycles. The normalized spacial score (nSPS) is 11.5. The topological polar surface area (TPSA) is 68.2 Å². The number of furan rings is 2. The number of rotatable bonds is 7. The summed E-state index contributed by atoms with van der Waals surface area (Å²) in [7, 11) is 0. The second-order valence-corrected chi connectivity index (χ2v) is 14.0. The smallest absolute Gasteiger partial charge is 0.164 e. The third kappa shape index (κ3) is 5.70. The van der Waals surface area contributed by atoms with Gasteiger partial charge in [0.1, 0.15) is 16.7 Å². The summed E-state index contributed by atoms with van der Waals surface area (Å²) in [5.74, 6) is 1.79. The highest BCUT2D eigenvalue weighted by Crippen LogP contribution is 2.44. The van der Waals surface area contributed by atoms with Crippen molar-refractivity contribution in [3.63, 3.8) is 0 Å². The van der Waals surface area contributed by atoms with Crippen molar-refractivity contribution in [1.82, 2.24) is 15.0 Å². The van der Waals surface area contributed by atoms with E-state index in [2.05, 4.69) is 102 Å². The zero-order valence-electron chi connectivity index (χ0n) is 30.6. The summed E-state index contributed by atoms with van der Waals surface area (Å²) in [5.41, 5.74) is 11.0. The quantitative estimate of drug-likeness (QED) is 0.162. The van der Waals surface area contributed by atoms with Gasteiger partial charge in [0.15, 0.2) is 23.1 Å². The fourth-order valence-corrected chi connectivity index (χ4v) is 7.84. The lowest BCUT2D eigenvalue weighted by Crippen LogP contribution is -2.10. The molecule has 0 unspecified atom stereocenters. The van der Waals surface area contributed by atoms with E-state index in [1.165, 1.54) is 0 Å². The van der Waals surface area contributed by atoms with Crippen LogP contribution in [0.3, 0.4) is 0 Å². The van der Waals surface area contributed by atoms with Crippen molar-refractivity contribution in [2.75, 3.05) is 4.90 Å². The van der Waals surface area contributed by atoms with Gasteiger partial charge in [0.25, 0.3) is 0 Å². The Bertz CT molecular complexity index is 3170. The molecule has 11 aromatic rings. The van der Waals surface area contributed by atoms with E-state index in [0.717, 1.165) is 88.8 Å². The van der Waals surface area contributed by atoms with Crippen molar-refractivity contribution in [1.29, 1.82) is 0 Å². The van der Waals surface area contributed by atoms with Gasteiger partial charge in [-0.2, -0.15) is 0 Å². The molecule has 0 atom stereocenters. The van der Waals surface area contributed by atoms with E-state index >= 15 is 0 Å². The number of anilines is 3. The van der Waals surface area contributed by atoms with E-state index in [0.29, 0.717) is 17.5 Å². The van der Waals surface area contributed by atoms with E-state index in [4.69, 9.17) is 23.8 Å². The van der Waals surface area contributed by atoms with Gasteiger partial charge in [-0.15, -0.1) is 0 Å². The van der Waals surface area contributed by atoms with Gasteiger partial charge in [0.05, 0.1) is 5.69 Å². The molecule has 6 heteroatoms. The minimum absolute atomic E-state index is 0.576. The van der Waals surface area contributed by atoms with Crippen LogP contribution in [0, 0.1) is 0 Å². The van der Waals surface area contributed by atoms with Crippen molar-refractivity contribution in [2.24, 2.45) is 0 Å². The van der Waals surface area contributed by atoms with Crippen LogP contribution in [0.4, 0.5) is 17.1 Å². The lowest BCUT2D eigenvalue weighted by Gasteiger charge is -2.25. The van der Waals surface area contributed by atoms with Gasteiger partial charge in [-0.1, -0.05) is 140 Å². The molecule has 0 radical (unpaired) electrons. The molecule has 0 saturated carbocycles. The third-order valence-corrected chi connectivity index (χ3v) is 10.5. The molecule has 3 aromatic heterocycles. The molecule has 8 aromatic carbocycles. The summed E-state index contributed by atoms with van der Waals surface area (Å²) < 4.78 is 13.1. The van der Waals surface area contributed by atoms with Crippen LogP contribution in [0.5, 0.6) is 0 Å². The third-order valence-electron chi connectivity index (χ3n) is 10.5. The van der Waals surface area contributed by atoms with Crippen molar-refractivity contribution in [3.05, 3.63) is 194 Å². The van der Waals surface area contributed by atoms with Crippen LogP contribution in [0.15, 0.2) is 203 Å². The Balaban J connectivity index is 1.08. The minimum atomic E-state index is 0.576. The van der Waals surface area contributed by atoms with Crippen molar-refractivity contribution in [2.45, 2.75) is 0 Å². The number of fused-ring (bicyclic) bond motifs is 6. The monoisotopic (exact) mass is 732 g/mol. The predicted octanol–water partition coefficient (Wildman–Crippen LogP) is 13.8. The first-order valence-electron chi connectivity index (χ1n) is 18.9. The SMILES string of the molecule is c1ccc(-c2nc(-c3ccccc3)nc(-c3cc(-c4ccc(N(c5ccccc5)c5cccc6c5oc5ccccc56)cc4)cc4oc5ccccc5c34)n2)cc1. The fraction of sp³-hybridized carbons (Fsp3) is 0. The molecule has 0 amide bonds. The molecule has 3 heterocycles. The summed E-state index contributed by atoms with van der Waals surface area (Å²) in [6, 6.07) is 66.2. The Labute approximate surface area is 328 Å². The van der Waals surface area contributed by atoms with Gasteiger partial charge in [-0.25, -0.2) is 15.0 Å². The van der Waals surface area contributed by atoms with Crippen molar-refractivity contribution < 1.29 is 8.83 Å². The molecular formula is C51H32N4O2. The number of nitrogens with zero attached hydrogens (tertiary/aromatic N) is 4. The number of para-hydroxylation sites is 4. The summed E-state index contributed by atoms with van der Waals surface area (Å²) in [4.78, 5) is 17.5. The highest BCUT2D eigenvalue weighted by molar-refractivity contribution is 6.13. The Morgan fingerprint density at radius 3 is 1.58 bits per heavy atom. The molecule has 6 nitrogen and oxygen atoms in total. The second-order valence-electron chi connectivity index (χ2n) is 14.0. The van der Waals surface area contributed by atoms with Crippen LogP contribution in [0.25, 0.3) is 89.2 Å². The van der Waals surface area contributed by atoms with Crippen LogP contribution in [-0.4, -0.2) is 15.0 Å². The van der Waals surface area contributed by atoms with E-state index in [1.807, 2.05) is 97.1 Å². The number of hydrogen-bond acceptors (Lipinski definition) is 6. The molecule has 0 bridgehead atoms. The highest BCUT2D eigenvalue weighted by atomic mass is 16.3. The van der Waals surface area contributed by atoms with Gasteiger partial charge in [0, 0.05) is 49.6 Å². The average molecular weight is 733 g/mol. The van der Waals surface area contributed by atoms with E-state index < -0.39 is 0 Å². The van der Waals surface area contributed by atoms with Crippen LogP contribution in [0.2, 0.25) is 0 Å². The van der Waals surface area contributed by atoms with Crippen LogP contribution in [-0.2, 0) is 0 Å². The summed E-state index contributed by atoms with van der Waals surface area (Å²) in [6.07, 6.45) is 0. The summed E-state index contributed by atoms with van der Waals surface area (Å²) in [6.45, 7) is 0. The zero-order chi connectivity index (χ0) is 37.7. The molecule has 0 aliphatic rings. The molecule has 0 N–H and O–H groups in total. The number of hydrogen-bond donors (Lipinski definition) is 0. The standard InChI is InChI=1S/C51H32N4O2/c1-4-15-34(16-5-1)49-52-50(35-17-6-2-7-18-35)54-51(53-49)42-31-36(32-46-47(42)41-22-11-13-26-45(41)56-46)33-27-29-38(30-28-33)55(37-19-8-3-9-20-37)43-24-14-23-40-39-21-10-12-25-44(39)57-48(40)43/h1-32H. The van der Waals surface area contributed by atoms with Gasteiger partial charge in [-0.05, 0) is 65.7 Å². The van der Waals surface area contributed by atoms with Gasteiger partial charge < -0.3 is 13.7 Å². The molecule has 57 heavy (non-hydrogen) atoms. The second kappa shape index (κ2) is 13.5. The maximum Gasteiger partial charge on any atom is 0.164 e. The fourth-order valence-electron chi connectivity index (χ4n) is 7.84. The first kappa shape index (κ1) is 32.6. The molecule has 268 valence electrons. The molecule has 0 fully saturated rings. The van der Waals surface area contributed by atoms with E-state index in [-0.39, 0.29) is 0 Å². The first-order chi connectivity index (χ1) is 28.2. The highest BCUT2D eigenvalue weighted by Gasteiger charge is 2.22. The number of aromatic nitrogens is 3. The Morgan fingerprint density at radius 2 is 0.895 bits per heavy atom. The van der Waals surface area contributed by atoms with E-state index in [1.54, 1.807) is 0 Å². The zero-order valence-corrected chi connectivity index (χ0v) is 30.6. The molecule has 0 spiro atoms. The molecule has 11 rings (SSSR count). The molecular weight excluding hydrogens is 701 g/mol. The summed E-state index contributed by atoms with van der Waals surface area (Å²) >= 11 is 0. The minimum Gasteiger partial charge on any atom is -0.456 e. The Hall–Kier alpha value is -7.83. The van der Waals surface area contributed by atoms with E-state index in [9.17, 15) is 0 Å². The van der Waals surface area contributed by atoms with Gasteiger partial charge >= 0.3 is 0 Å². The average Bonchev–Trinajstić information content (AvgIpc) is 3.86. The maximum absolute atomic E-state index is 6.56. The molecule has 0 saturated heterocycles. The van der Waals surface area contributed by atoms with Crippen molar-refractivity contribution >= 4 is 60.9 Å².